The van der Waals surface area contributed by atoms with Gasteiger partial charge in [-0.15, -0.1) is 0 Å². The number of nitriles is 1. The van der Waals surface area contributed by atoms with Crippen molar-refractivity contribution in [2.45, 2.75) is 51.2 Å². The topological polar surface area (TPSA) is 99.5 Å². The molecule has 0 N–H and O–H groups in total. The first-order valence-electron chi connectivity index (χ1n) is 14.5. The number of ketones is 1. The molecule has 0 saturated carbocycles. The highest BCUT2D eigenvalue weighted by Crippen LogP contribution is 2.47. The molecule has 43 heavy (non-hydrogen) atoms. The van der Waals surface area contributed by atoms with E-state index in [9.17, 15) is 10.1 Å². The number of rotatable bonds is 8. The summed E-state index contributed by atoms with van der Waals surface area (Å²) in [5.41, 5.74) is 0.872. The van der Waals surface area contributed by atoms with Gasteiger partial charge in [-0.25, -0.2) is 0 Å². The van der Waals surface area contributed by atoms with Crippen molar-refractivity contribution in [3.8, 4) is 29.1 Å². The molecule has 1 saturated heterocycles. The second-order valence-corrected chi connectivity index (χ2v) is 11.8. The fourth-order valence-corrected chi connectivity index (χ4v) is 6.37. The van der Waals surface area contributed by atoms with Gasteiger partial charge in [0.2, 0.25) is 13.6 Å². The summed E-state index contributed by atoms with van der Waals surface area (Å²) in [5, 5.41) is 11.2. The average molecular weight is 585 g/mol. The van der Waals surface area contributed by atoms with Crippen molar-refractivity contribution >= 4 is 5.78 Å². The molecule has 1 fully saturated rings. The third kappa shape index (κ3) is 5.10. The Kier molecular flexibility index (Phi) is 7.55. The third-order valence-electron chi connectivity index (χ3n) is 9.01. The summed E-state index contributed by atoms with van der Waals surface area (Å²) in [6.45, 7) is 8.15. The van der Waals surface area contributed by atoms with Crippen LogP contribution in [0.3, 0.4) is 0 Å². The Labute approximate surface area is 251 Å². The van der Waals surface area contributed by atoms with Gasteiger partial charge in [-0.3, -0.25) is 9.69 Å². The third-order valence-corrected chi connectivity index (χ3v) is 9.01. The first-order valence-corrected chi connectivity index (χ1v) is 14.5. The van der Waals surface area contributed by atoms with Gasteiger partial charge in [0.05, 0.1) is 18.7 Å². The van der Waals surface area contributed by atoms with Crippen molar-refractivity contribution in [2.75, 3.05) is 27.2 Å². The molecule has 3 aromatic carbocycles. The zero-order valence-electron chi connectivity index (χ0n) is 25.0. The lowest BCUT2D eigenvalue weighted by atomic mass is 9.70. The molecule has 0 radical (unpaired) electrons. The number of likely N-dealkylation sites (N-methyl/N-ethyl adjacent to an activating group) is 1. The zero-order chi connectivity index (χ0) is 30.4. The Morgan fingerprint density at radius 2 is 1.56 bits per heavy atom. The number of carbonyl (C=O) groups excluding carboxylic acids is 1. The summed E-state index contributed by atoms with van der Waals surface area (Å²) < 4.78 is 35.0. The van der Waals surface area contributed by atoms with Crippen LogP contribution in [0.15, 0.2) is 66.7 Å². The van der Waals surface area contributed by atoms with Crippen LogP contribution < -0.4 is 18.9 Å². The molecular formula is C34H36N2O7. The number of ether oxygens (including phenoxy) is 6. The van der Waals surface area contributed by atoms with Gasteiger partial charge in [-0.2, -0.15) is 5.26 Å². The molecule has 6 rings (SSSR count). The molecule has 3 aliphatic heterocycles. The van der Waals surface area contributed by atoms with E-state index < -0.39 is 29.3 Å². The number of Topliss-reactive ketones (excluding diaryl/α,β-unsaturated/α-hetero) is 1. The molecule has 9 nitrogen and oxygen atoms in total. The van der Waals surface area contributed by atoms with Crippen molar-refractivity contribution in [2.24, 2.45) is 11.8 Å². The molecule has 5 atom stereocenters. The minimum absolute atomic E-state index is 0.101. The van der Waals surface area contributed by atoms with E-state index in [2.05, 4.69) is 6.07 Å². The van der Waals surface area contributed by atoms with Gasteiger partial charge in [0.1, 0.15) is 11.6 Å². The lowest BCUT2D eigenvalue weighted by molar-refractivity contribution is -0.300. The van der Waals surface area contributed by atoms with Crippen LogP contribution in [0.4, 0.5) is 0 Å². The largest absolute Gasteiger partial charge is 0.454 e. The molecule has 0 spiro atoms. The van der Waals surface area contributed by atoms with Gasteiger partial charge in [0, 0.05) is 17.4 Å². The van der Waals surface area contributed by atoms with Crippen LogP contribution in [0.5, 0.6) is 23.0 Å². The van der Waals surface area contributed by atoms with Crippen LogP contribution in [0, 0.1) is 23.2 Å². The summed E-state index contributed by atoms with van der Waals surface area (Å²) in [6, 6.07) is 23.0. The van der Waals surface area contributed by atoms with Crippen LogP contribution in [-0.4, -0.2) is 49.8 Å². The highest BCUT2D eigenvalue weighted by molar-refractivity contribution is 5.98. The number of nitrogens with zero attached hydrogens (tertiary/aromatic N) is 2. The van der Waals surface area contributed by atoms with E-state index >= 15 is 0 Å². The van der Waals surface area contributed by atoms with Gasteiger partial charge in [0.15, 0.2) is 34.6 Å². The first-order chi connectivity index (χ1) is 20.6. The van der Waals surface area contributed by atoms with E-state index in [1.165, 1.54) is 0 Å². The predicted octanol–water partition coefficient (Wildman–Crippen LogP) is 5.84. The minimum Gasteiger partial charge on any atom is -0.454 e. The lowest BCUT2D eigenvalue weighted by Crippen LogP contribution is -2.60. The quantitative estimate of drug-likeness (QED) is 0.302. The van der Waals surface area contributed by atoms with E-state index in [-0.39, 0.29) is 25.4 Å². The molecule has 0 amide bonds. The SMILES string of the molecule is C[C@H]([C@@H](C)C(=O)c1ccc2c(c1)OCO2)[C@](C#N)(c1ccc2c(c1)OCO2)N(C)[C@H]1COC(C)(C)O[C@H]1c1ccccc1. The van der Waals surface area contributed by atoms with Gasteiger partial charge in [-0.05, 0) is 62.4 Å². The van der Waals surface area contributed by atoms with E-state index in [1.807, 2.05) is 88.2 Å². The Morgan fingerprint density at radius 1 is 0.930 bits per heavy atom. The molecule has 0 unspecified atom stereocenters. The van der Waals surface area contributed by atoms with Crippen LogP contribution in [-0.2, 0) is 15.0 Å². The summed E-state index contributed by atoms with van der Waals surface area (Å²) in [7, 11) is 1.91. The van der Waals surface area contributed by atoms with Crippen LogP contribution in [0.25, 0.3) is 0 Å². The van der Waals surface area contributed by atoms with E-state index in [4.69, 9.17) is 28.4 Å². The normalized spacial score (nSPS) is 22.8. The maximum Gasteiger partial charge on any atom is 0.231 e. The van der Waals surface area contributed by atoms with Crippen molar-refractivity contribution in [3.05, 3.63) is 83.4 Å². The van der Waals surface area contributed by atoms with Gasteiger partial charge < -0.3 is 28.4 Å². The number of hydrogen-bond acceptors (Lipinski definition) is 9. The monoisotopic (exact) mass is 584 g/mol. The van der Waals surface area contributed by atoms with Crippen LogP contribution >= 0.6 is 0 Å². The Morgan fingerprint density at radius 3 is 2.23 bits per heavy atom. The minimum atomic E-state index is -1.29. The Bertz CT molecular complexity index is 1550. The fourth-order valence-electron chi connectivity index (χ4n) is 6.37. The molecule has 0 aliphatic carbocycles. The number of carbonyl (C=O) groups is 1. The highest BCUT2D eigenvalue weighted by atomic mass is 16.7. The van der Waals surface area contributed by atoms with Crippen LogP contribution in [0.1, 0.15) is 55.3 Å². The van der Waals surface area contributed by atoms with Gasteiger partial charge >= 0.3 is 0 Å². The van der Waals surface area contributed by atoms with Crippen molar-refractivity contribution in [3.63, 3.8) is 0 Å². The first kappa shape index (κ1) is 29.0. The molecular weight excluding hydrogens is 548 g/mol. The molecule has 224 valence electrons. The van der Waals surface area contributed by atoms with E-state index in [1.54, 1.807) is 18.2 Å². The standard InChI is InChI=1S/C34H36N2O7/c1-21(31(37)24-11-13-27-29(15-24)40-19-38-27)22(2)34(18-35,25-12-14-28-30(16-25)41-20-39-28)36(5)26-17-42-33(3,4)43-32(26)23-9-7-6-8-10-23/h6-16,21-22,26,32H,17,19-20H2,1-5H3/t21-,22-,26+,32+,34-/m1/s1. The van der Waals surface area contributed by atoms with Crippen molar-refractivity contribution < 1.29 is 33.2 Å². The molecule has 9 heteroatoms. The molecule has 3 heterocycles. The molecule has 0 bridgehead atoms. The molecule has 3 aromatic rings. The number of fused-ring (bicyclic) bond motifs is 2. The smallest absolute Gasteiger partial charge is 0.231 e. The van der Waals surface area contributed by atoms with Crippen molar-refractivity contribution in [1.29, 1.82) is 5.26 Å². The van der Waals surface area contributed by atoms with Gasteiger partial charge in [-0.1, -0.05) is 50.2 Å². The second kappa shape index (κ2) is 11.2. The second-order valence-electron chi connectivity index (χ2n) is 11.8. The maximum atomic E-state index is 14.0. The summed E-state index contributed by atoms with van der Waals surface area (Å²) >= 11 is 0. The average Bonchev–Trinajstić information content (AvgIpc) is 3.70. The predicted molar refractivity (Wildman–Crippen MR) is 157 cm³/mol. The van der Waals surface area contributed by atoms with E-state index in [0.717, 1.165) is 5.56 Å². The lowest BCUT2D eigenvalue weighted by Gasteiger charge is -2.51. The number of benzene rings is 3. The highest BCUT2D eigenvalue weighted by Gasteiger charge is 2.52. The Balaban J connectivity index is 1.43. The number of hydrogen-bond donors (Lipinski definition) is 0. The zero-order valence-corrected chi connectivity index (χ0v) is 25.0. The fraction of sp³-hybridized carbons (Fsp3) is 0.412. The maximum absolute atomic E-state index is 14.0. The van der Waals surface area contributed by atoms with Gasteiger partial charge in [0.25, 0.3) is 0 Å². The Hall–Kier alpha value is -4.10. The van der Waals surface area contributed by atoms with Crippen molar-refractivity contribution in [1.82, 2.24) is 4.90 Å². The molecule has 3 aliphatic rings. The summed E-state index contributed by atoms with van der Waals surface area (Å²) in [4.78, 5) is 16.0. The summed E-state index contributed by atoms with van der Waals surface area (Å²) in [5.74, 6) is 0.340. The summed E-state index contributed by atoms with van der Waals surface area (Å²) in [6.07, 6.45) is -0.399. The van der Waals surface area contributed by atoms with E-state index in [0.29, 0.717) is 40.7 Å². The molecule has 0 aromatic heterocycles. The van der Waals surface area contributed by atoms with Crippen LogP contribution in [0.2, 0.25) is 0 Å².